The summed E-state index contributed by atoms with van der Waals surface area (Å²) in [6.45, 7) is 6.63. The smallest absolute Gasteiger partial charge is 0.242 e. The zero-order valence-corrected chi connectivity index (χ0v) is 20.9. The molecule has 2 rings (SSSR count). The largest absolute Gasteiger partial charge is 0.354 e. The molecule has 0 aromatic heterocycles. The molecule has 0 aliphatic rings. The number of hydrogen-bond acceptors (Lipinski definition) is 3. The van der Waals surface area contributed by atoms with Crippen LogP contribution in [0.25, 0.3) is 0 Å². The molecule has 8 heteroatoms. The summed E-state index contributed by atoms with van der Waals surface area (Å²) < 4.78 is 0. The lowest BCUT2D eigenvalue weighted by molar-refractivity contribution is -0.140. The van der Waals surface area contributed by atoms with Crippen molar-refractivity contribution in [2.75, 3.05) is 12.3 Å². The van der Waals surface area contributed by atoms with Gasteiger partial charge in [0.05, 0.1) is 10.0 Å². The number of nitrogens with zero attached hydrogens (tertiary/aromatic N) is 1. The molecule has 31 heavy (non-hydrogen) atoms. The third-order valence-corrected chi connectivity index (χ3v) is 6.59. The lowest BCUT2D eigenvalue weighted by Crippen LogP contribution is -2.48. The fourth-order valence-corrected chi connectivity index (χ4v) is 4.09. The van der Waals surface area contributed by atoms with Crippen molar-refractivity contribution in [3.8, 4) is 0 Å². The van der Waals surface area contributed by atoms with Crippen LogP contribution in [0.1, 0.15) is 32.8 Å². The quantitative estimate of drug-likeness (QED) is 0.388. The molecular formula is C23H27Cl3N2O2S. The summed E-state index contributed by atoms with van der Waals surface area (Å²) in [7, 11) is 0. The molecule has 0 unspecified atom stereocenters. The second kappa shape index (κ2) is 12.6. The van der Waals surface area contributed by atoms with Crippen LogP contribution >= 0.6 is 46.6 Å². The van der Waals surface area contributed by atoms with E-state index in [4.69, 9.17) is 34.8 Å². The fraction of sp³-hybridized carbons (Fsp3) is 0.391. The Kier molecular flexibility index (Phi) is 10.5. The molecule has 0 bridgehead atoms. The van der Waals surface area contributed by atoms with Gasteiger partial charge in [-0.2, -0.15) is 0 Å². The molecule has 0 aliphatic carbocycles. The van der Waals surface area contributed by atoms with Gasteiger partial charge in [-0.1, -0.05) is 54.7 Å². The molecular weight excluding hydrogens is 475 g/mol. The van der Waals surface area contributed by atoms with Crippen LogP contribution in [0.4, 0.5) is 0 Å². The van der Waals surface area contributed by atoms with Gasteiger partial charge in [0.25, 0.3) is 0 Å². The molecule has 0 heterocycles. The molecule has 168 valence electrons. The van der Waals surface area contributed by atoms with Gasteiger partial charge < -0.3 is 10.2 Å². The Labute approximate surface area is 203 Å². The summed E-state index contributed by atoms with van der Waals surface area (Å²) in [5, 5.41) is 4.46. The summed E-state index contributed by atoms with van der Waals surface area (Å²) in [5.41, 5.74) is 0.816. The second-order valence-electron chi connectivity index (χ2n) is 7.64. The summed E-state index contributed by atoms with van der Waals surface area (Å²) in [4.78, 5) is 28.4. The number of rotatable bonds is 10. The molecule has 2 aromatic rings. The molecule has 2 amide bonds. The van der Waals surface area contributed by atoms with Gasteiger partial charge in [0.15, 0.2) is 0 Å². The van der Waals surface area contributed by atoms with E-state index in [2.05, 4.69) is 5.32 Å². The maximum Gasteiger partial charge on any atom is 0.242 e. The van der Waals surface area contributed by atoms with Crippen LogP contribution in [0.2, 0.25) is 15.1 Å². The van der Waals surface area contributed by atoms with Crippen molar-refractivity contribution in [1.82, 2.24) is 10.2 Å². The van der Waals surface area contributed by atoms with Crippen LogP contribution in [0.3, 0.4) is 0 Å². The number of hydrogen-bond donors (Lipinski definition) is 1. The van der Waals surface area contributed by atoms with Gasteiger partial charge in [0.2, 0.25) is 11.8 Å². The lowest BCUT2D eigenvalue weighted by atomic mass is 10.1. The second-order valence-corrected chi connectivity index (χ2v) is 10.1. The van der Waals surface area contributed by atoms with Crippen molar-refractivity contribution in [2.45, 2.75) is 44.7 Å². The molecule has 0 radical (unpaired) electrons. The SMILES string of the molecule is CC(C)CNC(=O)[C@H](C)N(Cc1ccc(Cl)c(Cl)c1)C(=O)CCSc1ccc(Cl)cc1. The highest BCUT2D eigenvalue weighted by Crippen LogP contribution is 2.25. The average molecular weight is 502 g/mol. The number of carbonyl (C=O) groups is 2. The van der Waals surface area contributed by atoms with Crippen molar-refractivity contribution in [2.24, 2.45) is 5.92 Å². The molecule has 4 nitrogen and oxygen atoms in total. The summed E-state index contributed by atoms with van der Waals surface area (Å²) in [6.07, 6.45) is 0.302. The van der Waals surface area contributed by atoms with E-state index in [0.29, 0.717) is 39.7 Å². The fourth-order valence-electron chi connectivity index (χ4n) is 2.80. The zero-order chi connectivity index (χ0) is 23.0. The maximum atomic E-state index is 13.1. The maximum absolute atomic E-state index is 13.1. The van der Waals surface area contributed by atoms with E-state index < -0.39 is 6.04 Å². The van der Waals surface area contributed by atoms with E-state index in [1.165, 1.54) is 0 Å². The first-order valence-corrected chi connectivity index (χ1v) is 12.2. The number of benzene rings is 2. The molecule has 0 aliphatic heterocycles. The first-order chi connectivity index (χ1) is 14.7. The monoisotopic (exact) mass is 500 g/mol. The summed E-state index contributed by atoms with van der Waals surface area (Å²) >= 11 is 19.6. The third-order valence-electron chi connectivity index (χ3n) is 4.59. The Hall–Kier alpha value is -1.40. The standard InChI is InChI=1S/C23H27Cl3N2O2S/c1-15(2)13-27-23(30)16(3)28(14-17-4-9-20(25)21(26)12-17)22(29)10-11-31-19-7-5-18(24)6-8-19/h4-9,12,15-16H,10-11,13-14H2,1-3H3,(H,27,30)/t16-/m0/s1. The molecule has 1 N–H and O–H groups in total. The minimum atomic E-state index is -0.610. The minimum absolute atomic E-state index is 0.0975. The first kappa shape index (κ1) is 25.9. The number of thioether (sulfide) groups is 1. The zero-order valence-electron chi connectivity index (χ0n) is 17.8. The molecule has 1 atom stereocenters. The molecule has 0 spiro atoms. The van der Waals surface area contributed by atoms with Gasteiger partial charge in [-0.05, 0) is 54.8 Å². The lowest BCUT2D eigenvalue weighted by Gasteiger charge is -2.29. The Morgan fingerprint density at radius 3 is 2.29 bits per heavy atom. The number of halogens is 3. The van der Waals surface area contributed by atoms with Crippen LogP contribution in [0, 0.1) is 5.92 Å². The van der Waals surface area contributed by atoms with E-state index in [-0.39, 0.29) is 18.4 Å². The Morgan fingerprint density at radius 2 is 1.68 bits per heavy atom. The highest BCUT2D eigenvalue weighted by Gasteiger charge is 2.26. The van der Waals surface area contributed by atoms with Crippen LogP contribution in [0.5, 0.6) is 0 Å². The van der Waals surface area contributed by atoms with Crippen molar-refractivity contribution >= 4 is 58.4 Å². The van der Waals surface area contributed by atoms with Crippen molar-refractivity contribution in [3.63, 3.8) is 0 Å². The molecule has 2 aromatic carbocycles. The van der Waals surface area contributed by atoms with Gasteiger partial charge >= 0.3 is 0 Å². The Balaban J connectivity index is 2.08. The van der Waals surface area contributed by atoms with Gasteiger partial charge in [0, 0.05) is 35.2 Å². The minimum Gasteiger partial charge on any atom is -0.354 e. The number of nitrogens with one attached hydrogen (secondary N) is 1. The number of amides is 2. The number of carbonyl (C=O) groups excluding carboxylic acids is 2. The third kappa shape index (κ3) is 8.57. The molecule has 0 saturated heterocycles. The first-order valence-electron chi connectivity index (χ1n) is 10.1. The van der Waals surface area contributed by atoms with E-state index >= 15 is 0 Å². The topological polar surface area (TPSA) is 49.4 Å². The van der Waals surface area contributed by atoms with Gasteiger partial charge in [-0.25, -0.2) is 0 Å². The van der Waals surface area contributed by atoms with Crippen LogP contribution in [-0.4, -0.2) is 35.1 Å². The predicted molar refractivity (Wildman–Crippen MR) is 131 cm³/mol. The van der Waals surface area contributed by atoms with E-state index in [9.17, 15) is 9.59 Å². The predicted octanol–water partition coefficient (Wildman–Crippen LogP) is 6.32. The van der Waals surface area contributed by atoms with Crippen LogP contribution < -0.4 is 5.32 Å². The highest BCUT2D eigenvalue weighted by molar-refractivity contribution is 7.99. The molecule has 0 saturated carbocycles. The summed E-state index contributed by atoms with van der Waals surface area (Å²) in [5.74, 6) is 0.650. The van der Waals surface area contributed by atoms with Crippen LogP contribution in [0.15, 0.2) is 47.4 Å². The average Bonchev–Trinajstić information content (AvgIpc) is 2.73. The Morgan fingerprint density at radius 1 is 1.00 bits per heavy atom. The van der Waals surface area contributed by atoms with Crippen LogP contribution in [-0.2, 0) is 16.1 Å². The summed E-state index contributed by atoms with van der Waals surface area (Å²) in [6, 6.07) is 12.1. The normalized spacial score (nSPS) is 12.0. The van der Waals surface area contributed by atoms with E-state index in [1.54, 1.807) is 35.7 Å². The molecule has 0 fully saturated rings. The van der Waals surface area contributed by atoms with Crippen molar-refractivity contribution < 1.29 is 9.59 Å². The van der Waals surface area contributed by atoms with Gasteiger partial charge in [0.1, 0.15) is 6.04 Å². The van der Waals surface area contributed by atoms with Gasteiger partial charge in [-0.15, -0.1) is 11.8 Å². The Bertz CT molecular complexity index is 891. The highest BCUT2D eigenvalue weighted by atomic mass is 35.5. The van der Waals surface area contributed by atoms with E-state index in [0.717, 1.165) is 10.5 Å². The van der Waals surface area contributed by atoms with E-state index in [1.807, 2.05) is 44.2 Å². The van der Waals surface area contributed by atoms with Gasteiger partial charge in [-0.3, -0.25) is 9.59 Å². The van der Waals surface area contributed by atoms with Crippen molar-refractivity contribution in [3.05, 3.63) is 63.1 Å². The van der Waals surface area contributed by atoms with Crippen molar-refractivity contribution in [1.29, 1.82) is 0 Å².